The first-order valence-corrected chi connectivity index (χ1v) is 15.3. The normalized spacial score (nSPS) is 16.9. The van der Waals surface area contributed by atoms with E-state index in [0.29, 0.717) is 30.5 Å². The molecule has 1 heterocycles. The zero-order valence-corrected chi connectivity index (χ0v) is 22.2. The number of hydrogen-bond donors (Lipinski definition) is 2. The average molecular weight is 508 g/mol. The molecule has 1 aliphatic heterocycles. The molecule has 0 bridgehead atoms. The average Bonchev–Trinajstić information content (AvgIpc) is 2.81. The Labute approximate surface area is 204 Å². The maximum Gasteiger partial charge on any atom is 0.264 e. The number of nitrogens with one attached hydrogen (secondary N) is 2. The fraction of sp³-hybridized carbons (Fsp3) is 0.520. The number of sulfonamides is 1. The van der Waals surface area contributed by atoms with Crippen molar-refractivity contribution in [2.75, 3.05) is 36.8 Å². The molecule has 1 fully saturated rings. The van der Waals surface area contributed by atoms with E-state index in [1.807, 2.05) is 38.1 Å². The third-order valence-electron chi connectivity index (χ3n) is 6.02. The molecule has 2 N–H and O–H groups in total. The summed E-state index contributed by atoms with van der Waals surface area (Å²) in [6.45, 7) is 8.62. The predicted octanol–water partition coefficient (Wildman–Crippen LogP) is 4.51. The van der Waals surface area contributed by atoms with E-state index >= 15 is 0 Å². The van der Waals surface area contributed by atoms with Crippen LogP contribution in [0.5, 0.6) is 5.75 Å². The minimum atomic E-state index is -3.94. The van der Waals surface area contributed by atoms with E-state index in [1.165, 1.54) is 22.7 Å². The molecule has 0 radical (unpaired) electrons. The highest BCUT2D eigenvalue weighted by atomic mass is 32.2. The molecular weight excluding hydrogens is 470 g/mol. The van der Waals surface area contributed by atoms with Gasteiger partial charge in [-0.15, -0.1) is 0 Å². The summed E-state index contributed by atoms with van der Waals surface area (Å²) < 4.78 is 55.8. The molecule has 7 nitrogen and oxygen atoms in total. The van der Waals surface area contributed by atoms with Crippen molar-refractivity contribution >= 4 is 25.4 Å². The van der Waals surface area contributed by atoms with E-state index in [-0.39, 0.29) is 15.7 Å². The molecule has 0 aliphatic carbocycles. The number of anilines is 1. The van der Waals surface area contributed by atoms with Crippen LogP contribution in [0.25, 0.3) is 0 Å². The van der Waals surface area contributed by atoms with Crippen LogP contribution in [-0.4, -0.2) is 45.1 Å². The molecule has 1 aliphatic rings. The SMILES string of the molecule is CCc1ccc(N(CC(C)C)S(=O)(=O)c2ccc(OCC3CCNCC3)c(S(C)(=N)=O)c2)cc1. The lowest BCUT2D eigenvalue weighted by molar-refractivity contribution is 0.211. The second-order valence-corrected chi connectivity index (χ2v) is 13.4. The highest BCUT2D eigenvalue weighted by molar-refractivity contribution is 7.93. The van der Waals surface area contributed by atoms with Crippen molar-refractivity contribution in [2.24, 2.45) is 11.8 Å². The smallest absolute Gasteiger partial charge is 0.264 e. The summed E-state index contributed by atoms with van der Waals surface area (Å²) in [7, 11) is -7.15. The van der Waals surface area contributed by atoms with Crippen LogP contribution in [0.15, 0.2) is 52.3 Å². The molecule has 3 rings (SSSR count). The van der Waals surface area contributed by atoms with E-state index in [4.69, 9.17) is 9.52 Å². The van der Waals surface area contributed by atoms with Crippen LogP contribution in [0.4, 0.5) is 5.69 Å². The molecule has 34 heavy (non-hydrogen) atoms. The molecule has 1 atom stereocenters. The summed E-state index contributed by atoms with van der Waals surface area (Å²) in [4.78, 5) is 0.132. The Bertz CT molecular complexity index is 1170. The van der Waals surface area contributed by atoms with E-state index in [9.17, 15) is 12.6 Å². The lowest BCUT2D eigenvalue weighted by atomic mass is 9.99. The van der Waals surface area contributed by atoms with Crippen molar-refractivity contribution < 1.29 is 17.4 Å². The number of hydrogen-bond acceptors (Lipinski definition) is 6. The van der Waals surface area contributed by atoms with Gasteiger partial charge in [0.2, 0.25) is 0 Å². The number of nitrogens with zero attached hydrogens (tertiary/aromatic N) is 1. The lowest BCUT2D eigenvalue weighted by Crippen LogP contribution is -2.34. The molecular formula is C25H37N3O4S2. The van der Waals surface area contributed by atoms with Crippen LogP contribution < -0.4 is 14.4 Å². The first-order chi connectivity index (χ1) is 16.0. The zero-order chi connectivity index (χ0) is 24.9. The van der Waals surface area contributed by atoms with Crippen molar-refractivity contribution in [3.8, 4) is 5.75 Å². The molecule has 188 valence electrons. The summed E-state index contributed by atoms with van der Waals surface area (Å²) in [5.41, 5.74) is 1.71. The number of rotatable bonds is 10. The maximum absolute atomic E-state index is 13.7. The van der Waals surface area contributed by atoms with Crippen molar-refractivity contribution in [3.05, 3.63) is 48.0 Å². The van der Waals surface area contributed by atoms with E-state index in [2.05, 4.69) is 12.2 Å². The Morgan fingerprint density at radius 3 is 2.29 bits per heavy atom. The van der Waals surface area contributed by atoms with Gasteiger partial charge in [-0.05, 0) is 80.1 Å². The maximum atomic E-state index is 13.7. The fourth-order valence-electron chi connectivity index (χ4n) is 4.03. The summed E-state index contributed by atoms with van der Waals surface area (Å²) in [6.07, 6.45) is 4.15. The van der Waals surface area contributed by atoms with E-state index < -0.39 is 19.8 Å². The third kappa shape index (κ3) is 6.52. The first-order valence-electron chi connectivity index (χ1n) is 11.9. The van der Waals surface area contributed by atoms with Gasteiger partial charge in [0.05, 0.1) is 31.8 Å². The molecule has 0 amide bonds. The Kier molecular flexibility index (Phi) is 8.65. The molecule has 0 saturated carbocycles. The highest BCUT2D eigenvalue weighted by Gasteiger charge is 2.28. The second kappa shape index (κ2) is 11.1. The van der Waals surface area contributed by atoms with E-state index in [0.717, 1.165) is 37.9 Å². The van der Waals surface area contributed by atoms with Gasteiger partial charge in [-0.3, -0.25) is 4.31 Å². The van der Waals surface area contributed by atoms with Gasteiger partial charge in [-0.25, -0.2) is 17.4 Å². The summed E-state index contributed by atoms with van der Waals surface area (Å²) in [5, 5.41) is 3.31. The van der Waals surface area contributed by atoms with Crippen LogP contribution in [-0.2, 0) is 26.2 Å². The topological polar surface area (TPSA) is 99.6 Å². The number of benzene rings is 2. The monoisotopic (exact) mass is 507 g/mol. The lowest BCUT2D eigenvalue weighted by Gasteiger charge is -2.27. The van der Waals surface area contributed by atoms with E-state index in [1.54, 1.807) is 6.07 Å². The standard InChI is InChI=1S/C25H37N3O4S2/c1-5-20-6-8-22(9-7-20)28(17-19(2)3)34(30,31)23-10-11-24(25(16-23)33(4,26)29)32-18-21-12-14-27-15-13-21/h6-11,16,19,21,26-27H,5,12-15,17-18H2,1-4H3. The summed E-state index contributed by atoms with van der Waals surface area (Å²) >= 11 is 0. The second-order valence-electron chi connectivity index (χ2n) is 9.41. The number of ether oxygens (including phenoxy) is 1. The Morgan fingerprint density at radius 1 is 1.09 bits per heavy atom. The fourth-order valence-corrected chi connectivity index (χ4v) is 6.62. The quantitative estimate of drug-likeness (QED) is 0.493. The largest absolute Gasteiger partial charge is 0.492 e. The van der Waals surface area contributed by atoms with Gasteiger partial charge in [-0.2, -0.15) is 0 Å². The molecule has 0 spiro atoms. The molecule has 9 heteroatoms. The predicted molar refractivity (Wildman–Crippen MR) is 138 cm³/mol. The number of piperidine rings is 1. The van der Waals surface area contributed by atoms with Crippen molar-refractivity contribution in [1.29, 1.82) is 4.78 Å². The third-order valence-corrected chi connectivity index (χ3v) is 8.97. The first kappa shape index (κ1) is 26.5. The summed E-state index contributed by atoms with van der Waals surface area (Å²) in [6, 6.07) is 11.9. The molecule has 2 aromatic carbocycles. The molecule has 1 unspecified atom stereocenters. The van der Waals surface area contributed by atoms with Crippen molar-refractivity contribution in [3.63, 3.8) is 0 Å². The molecule has 1 saturated heterocycles. The van der Waals surface area contributed by atoms with Gasteiger partial charge in [0.15, 0.2) is 0 Å². The summed E-state index contributed by atoms with van der Waals surface area (Å²) in [5.74, 6) is 0.797. The Balaban J connectivity index is 1.97. The van der Waals surface area contributed by atoms with Gasteiger partial charge >= 0.3 is 0 Å². The van der Waals surface area contributed by atoms with Crippen molar-refractivity contribution in [2.45, 2.75) is 49.8 Å². The Morgan fingerprint density at radius 2 is 1.74 bits per heavy atom. The van der Waals surface area contributed by atoms with Crippen molar-refractivity contribution in [1.82, 2.24) is 5.32 Å². The number of aryl methyl sites for hydroxylation is 1. The van der Waals surface area contributed by atoms with Gasteiger partial charge in [0, 0.05) is 12.8 Å². The molecule has 0 aromatic heterocycles. The Hall–Kier alpha value is -2.10. The highest BCUT2D eigenvalue weighted by Crippen LogP contribution is 2.32. The van der Waals surface area contributed by atoms with Gasteiger partial charge in [0.25, 0.3) is 10.0 Å². The van der Waals surface area contributed by atoms with Crippen LogP contribution in [0.3, 0.4) is 0 Å². The van der Waals surface area contributed by atoms with Crippen LogP contribution >= 0.6 is 0 Å². The van der Waals surface area contributed by atoms with Crippen LogP contribution in [0.1, 0.15) is 39.2 Å². The van der Waals surface area contributed by atoms with Gasteiger partial charge < -0.3 is 10.1 Å². The minimum absolute atomic E-state index is 0.0127. The minimum Gasteiger partial charge on any atom is -0.492 e. The molecule has 2 aromatic rings. The van der Waals surface area contributed by atoms with Crippen LogP contribution in [0.2, 0.25) is 0 Å². The van der Waals surface area contributed by atoms with Gasteiger partial charge in [-0.1, -0.05) is 32.9 Å². The zero-order valence-electron chi connectivity index (χ0n) is 20.5. The van der Waals surface area contributed by atoms with Crippen LogP contribution in [0, 0.1) is 16.6 Å². The van der Waals surface area contributed by atoms with Gasteiger partial charge in [0.1, 0.15) is 5.75 Å².